The van der Waals surface area contributed by atoms with Crippen LogP contribution in [0.4, 0.5) is 0 Å². The van der Waals surface area contributed by atoms with Gasteiger partial charge in [0.25, 0.3) is 0 Å². The molecular formula is C17H22Cl2N2S. The van der Waals surface area contributed by atoms with Crippen LogP contribution in [-0.2, 0) is 12.3 Å². The number of benzene rings is 1. The van der Waals surface area contributed by atoms with E-state index in [2.05, 4.69) is 22.5 Å². The molecule has 22 heavy (non-hydrogen) atoms. The van der Waals surface area contributed by atoms with Gasteiger partial charge in [-0.25, -0.2) is 4.98 Å². The van der Waals surface area contributed by atoms with Gasteiger partial charge >= 0.3 is 0 Å². The van der Waals surface area contributed by atoms with E-state index < -0.39 is 0 Å². The Balaban J connectivity index is 1.86. The molecule has 0 amide bonds. The Morgan fingerprint density at radius 3 is 2.77 bits per heavy atom. The molecule has 0 spiro atoms. The van der Waals surface area contributed by atoms with Crippen molar-refractivity contribution in [3.8, 4) is 0 Å². The summed E-state index contributed by atoms with van der Waals surface area (Å²) < 4.78 is 2.15. The van der Waals surface area contributed by atoms with E-state index in [0.29, 0.717) is 15.3 Å². The topological polar surface area (TPSA) is 17.8 Å². The number of unbranched alkanes of at least 4 members (excludes halogenated alkanes) is 1. The van der Waals surface area contributed by atoms with Gasteiger partial charge in [-0.15, -0.1) is 0 Å². The minimum atomic E-state index is 0.623. The summed E-state index contributed by atoms with van der Waals surface area (Å²) in [4.78, 5) is 4.10. The van der Waals surface area contributed by atoms with Crippen molar-refractivity contribution >= 4 is 35.0 Å². The van der Waals surface area contributed by atoms with Crippen LogP contribution in [0.25, 0.3) is 0 Å². The maximum atomic E-state index is 6.09. The summed E-state index contributed by atoms with van der Waals surface area (Å²) >= 11 is 14.1. The molecule has 1 aromatic carbocycles. The first-order chi connectivity index (χ1) is 10.7. The third kappa shape index (κ3) is 5.86. The summed E-state index contributed by atoms with van der Waals surface area (Å²) in [6.45, 7) is 3.28. The second kappa shape index (κ2) is 9.49. The minimum absolute atomic E-state index is 0.623. The van der Waals surface area contributed by atoms with Gasteiger partial charge in [-0.1, -0.05) is 49.0 Å². The highest BCUT2D eigenvalue weighted by Crippen LogP contribution is 2.28. The van der Waals surface area contributed by atoms with Crippen LogP contribution in [0.5, 0.6) is 0 Å². The van der Waals surface area contributed by atoms with Gasteiger partial charge in [0.15, 0.2) is 0 Å². The Labute approximate surface area is 147 Å². The van der Waals surface area contributed by atoms with Gasteiger partial charge in [0.05, 0.1) is 16.4 Å². The zero-order chi connectivity index (χ0) is 15.8. The fourth-order valence-corrected chi connectivity index (χ4v) is 3.83. The lowest BCUT2D eigenvalue weighted by molar-refractivity contribution is 0.580. The van der Waals surface area contributed by atoms with Gasteiger partial charge in [0.1, 0.15) is 0 Å². The summed E-state index contributed by atoms with van der Waals surface area (Å²) in [5.41, 5.74) is 1.24. The summed E-state index contributed by atoms with van der Waals surface area (Å²) in [6.07, 6.45) is 10.7. The zero-order valence-corrected chi connectivity index (χ0v) is 15.2. The second-order valence-electron chi connectivity index (χ2n) is 5.41. The Morgan fingerprint density at radius 1 is 1.23 bits per heavy atom. The summed E-state index contributed by atoms with van der Waals surface area (Å²) in [5.74, 6) is 0.981. The largest absolute Gasteiger partial charge is 0.337 e. The number of hydrogen-bond acceptors (Lipinski definition) is 2. The van der Waals surface area contributed by atoms with Crippen LogP contribution in [0.3, 0.4) is 0 Å². The summed E-state index contributed by atoms with van der Waals surface area (Å²) in [6, 6.07) is 5.92. The molecule has 0 fully saturated rings. The van der Waals surface area contributed by atoms with E-state index in [1.165, 1.54) is 31.2 Å². The maximum absolute atomic E-state index is 6.09. The molecular weight excluding hydrogens is 335 g/mol. The number of aryl methyl sites for hydroxylation is 1. The fourth-order valence-electron chi connectivity index (χ4n) is 2.30. The third-order valence-corrected chi connectivity index (χ3v) is 5.80. The van der Waals surface area contributed by atoms with E-state index >= 15 is 0 Å². The van der Waals surface area contributed by atoms with Gasteiger partial charge in [0, 0.05) is 29.9 Å². The van der Waals surface area contributed by atoms with Gasteiger partial charge in [0.2, 0.25) is 0 Å². The lowest BCUT2D eigenvalue weighted by Crippen LogP contribution is -2.08. The average Bonchev–Trinajstić information content (AvgIpc) is 3.03. The second-order valence-corrected chi connectivity index (χ2v) is 7.52. The van der Waals surface area contributed by atoms with Gasteiger partial charge in [-0.05, 0) is 30.5 Å². The van der Waals surface area contributed by atoms with Gasteiger partial charge < -0.3 is 4.57 Å². The predicted octanol–water partition coefficient (Wildman–Crippen LogP) is 6.07. The van der Waals surface area contributed by atoms with Crippen molar-refractivity contribution in [2.24, 2.45) is 0 Å². The van der Waals surface area contributed by atoms with E-state index in [0.717, 1.165) is 12.3 Å². The monoisotopic (exact) mass is 356 g/mol. The molecule has 120 valence electrons. The van der Waals surface area contributed by atoms with Crippen molar-refractivity contribution in [2.75, 3.05) is 0 Å². The first-order valence-electron chi connectivity index (χ1n) is 7.70. The van der Waals surface area contributed by atoms with Crippen molar-refractivity contribution in [1.29, 1.82) is 0 Å². The molecule has 0 bridgehead atoms. The molecule has 5 heteroatoms. The average molecular weight is 357 g/mol. The highest BCUT2D eigenvalue weighted by atomic mass is 35.5. The number of aromatic nitrogens is 2. The van der Waals surface area contributed by atoms with E-state index in [4.69, 9.17) is 23.2 Å². The third-order valence-electron chi connectivity index (χ3n) is 3.62. The summed E-state index contributed by atoms with van der Waals surface area (Å²) in [7, 11) is 0. The van der Waals surface area contributed by atoms with Gasteiger partial charge in [-0.3, -0.25) is 0 Å². The van der Waals surface area contributed by atoms with E-state index in [9.17, 15) is 0 Å². The lowest BCUT2D eigenvalue weighted by Gasteiger charge is -2.17. The van der Waals surface area contributed by atoms with Crippen LogP contribution < -0.4 is 0 Å². The van der Waals surface area contributed by atoms with Crippen LogP contribution in [0.15, 0.2) is 36.9 Å². The first-order valence-corrected chi connectivity index (χ1v) is 9.50. The number of rotatable bonds is 9. The molecule has 2 rings (SSSR count). The van der Waals surface area contributed by atoms with Crippen molar-refractivity contribution in [3.05, 3.63) is 52.5 Å². The molecule has 0 aliphatic rings. The molecule has 0 aliphatic carbocycles. The highest BCUT2D eigenvalue weighted by Gasteiger charge is 2.10. The minimum Gasteiger partial charge on any atom is -0.337 e. The van der Waals surface area contributed by atoms with Crippen molar-refractivity contribution in [2.45, 2.75) is 50.2 Å². The first kappa shape index (κ1) is 17.7. The quantitative estimate of drug-likeness (QED) is 0.542. The van der Waals surface area contributed by atoms with Crippen LogP contribution in [-0.4, -0.2) is 14.8 Å². The molecule has 1 unspecified atom stereocenters. The normalized spacial score (nSPS) is 12.5. The summed E-state index contributed by atoms with van der Waals surface area (Å²) in [5, 5.41) is 1.93. The van der Waals surface area contributed by atoms with Gasteiger partial charge in [-0.2, -0.15) is 11.8 Å². The van der Waals surface area contributed by atoms with Crippen molar-refractivity contribution < 1.29 is 0 Å². The van der Waals surface area contributed by atoms with E-state index in [1.807, 2.05) is 42.6 Å². The highest BCUT2D eigenvalue weighted by molar-refractivity contribution is 7.99. The number of thioether (sulfide) groups is 1. The Kier molecular flexibility index (Phi) is 7.64. The lowest BCUT2D eigenvalue weighted by atomic mass is 10.1. The van der Waals surface area contributed by atoms with Crippen LogP contribution in [0.1, 0.15) is 38.2 Å². The maximum Gasteiger partial charge on any atom is 0.0945 e. The molecule has 0 aliphatic heterocycles. The standard InChI is InChI=1S/C17H22Cl2N2S/c1-2-3-4-15(7-9-21-10-8-20-13-21)22-12-14-5-6-16(18)17(19)11-14/h5-6,8,10-11,13,15H,2-4,7,9,12H2,1H3. The molecule has 2 aromatic rings. The SMILES string of the molecule is CCCCC(CCn1ccnc1)SCc1ccc(Cl)c(Cl)c1. The molecule has 0 saturated carbocycles. The Morgan fingerprint density at radius 2 is 2.09 bits per heavy atom. The number of nitrogens with zero attached hydrogens (tertiary/aromatic N) is 2. The Hall–Kier alpha value is -0.640. The predicted molar refractivity (Wildman–Crippen MR) is 97.9 cm³/mol. The van der Waals surface area contributed by atoms with Crippen LogP contribution in [0.2, 0.25) is 10.0 Å². The molecule has 1 heterocycles. The Bertz CT molecular complexity index is 558. The van der Waals surface area contributed by atoms with Crippen molar-refractivity contribution in [1.82, 2.24) is 9.55 Å². The van der Waals surface area contributed by atoms with E-state index in [1.54, 1.807) is 0 Å². The molecule has 0 radical (unpaired) electrons. The molecule has 2 nitrogen and oxygen atoms in total. The van der Waals surface area contributed by atoms with Crippen LogP contribution in [0, 0.1) is 0 Å². The smallest absolute Gasteiger partial charge is 0.0945 e. The fraction of sp³-hybridized carbons (Fsp3) is 0.471. The number of imidazole rings is 1. The number of halogens is 2. The van der Waals surface area contributed by atoms with Crippen molar-refractivity contribution in [3.63, 3.8) is 0 Å². The zero-order valence-electron chi connectivity index (χ0n) is 12.8. The molecule has 0 saturated heterocycles. The molecule has 0 N–H and O–H groups in total. The molecule has 1 aromatic heterocycles. The number of hydrogen-bond donors (Lipinski definition) is 0. The van der Waals surface area contributed by atoms with Crippen LogP contribution >= 0.6 is 35.0 Å². The van der Waals surface area contributed by atoms with E-state index in [-0.39, 0.29) is 0 Å². The molecule has 1 atom stereocenters.